The molecule has 1 aliphatic heterocycles. The molecule has 3 aliphatic carbocycles. The summed E-state index contributed by atoms with van der Waals surface area (Å²) in [7, 11) is 0. The van der Waals surface area contributed by atoms with Crippen molar-refractivity contribution in [2.24, 2.45) is 22.7 Å². The van der Waals surface area contributed by atoms with E-state index in [1.807, 2.05) is 0 Å². The lowest BCUT2D eigenvalue weighted by Crippen LogP contribution is -2.58. The van der Waals surface area contributed by atoms with Gasteiger partial charge in [-0.25, -0.2) is 0 Å². The molecule has 0 aromatic carbocycles. The second kappa shape index (κ2) is 4.77. The molecule has 24 heavy (non-hydrogen) atoms. The molecule has 0 aromatic heterocycles. The van der Waals surface area contributed by atoms with Gasteiger partial charge in [-0.15, -0.1) is 0 Å². The molecule has 0 spiro atoms. The van der Waals surface area contributed by atoms with Crippen LogP contribution in [0, 0.1) is 22.7 Å². The summed E-state index contributed by atoms with van der Waals surface area (Å²) in [5, 5.41) is 9.83. The third kappa shape index (κ3) is 2.06. The highest BCUT2D eigenvalue weighted by molar-refractivity contribution is 6.04. The summed E-state index contributed by atoms with van der Waals surface area (Å²) in [6, 6.07) is 0. The first-order valence-corrected chi connectivity index (χ1v) is 9.24. The normalized spacial score (nSPS) is 43.3. The van der Waals surface area contributed by atoms with Crippen LogP contribution in [0.2, 0.25) is 0 Å². The van der Waals surface area contributed by atoms with Gasteiger partial charge in [0.25, 0.3) is 0 Å². The summed E-state index contributed by atoms with van der Waals surface area (Å²) < 4.78 is 6.40. The first kappa shape index (κ1) is 16.0. The topological polar surface area (TPSA) is 46.5 Å². The van der Waals surface area contributed by atoms with Crippen LogP contribution in [0.5, 0.6) is 0 Å². The van der Waals surface area contributed by atoms with Gasteiger partial charge in [-0.05, 0) is 55.4 Å². The molecule has 1 heterocycles. The van der Waals surface area contributed by atoms with E-state index in [2.05, 4.69) is 33.8 Å². The monoisotopic (exact) mass is 328 g/mol. The summed E-state index contributed by atoms with van der Waals surface area (Å²) in [6.07, 6.45) is 11.3. The molecule has 4 rings (SSSR count). The number of hydrogen-bond donors (Lipinski definition) is 1. The Morgan fingerprint density at radius 1 is 1.12 bits per heavy atom. The third-order valence-corrected chi connectivity index (χ3v) is 7.35. The van der Waals surface area contributed by atoms with Crippen LogP contribution in [0.3, 0.4) is 0 Å². The Hall–Kier alpha value is -1.51. The van der Waals surface area contributed by atoms with Gasteiger partial charge in [0.05, 0.1) is 0 Å². The Bertz CT molecular complexity index is 696. The summed E-state index contributed by atoms with van der Waals surface area (Å²) in [4.78, 5) is 11.8. The predicted molar refractivity (Wildman–Crippen MR) is 93.3 cm³/mol. The zero-order valence-corrected chi connectivity index (χ0v) is 15.2. The SMILES string of the molecule is CC1(C)CCC[C@@]2(C)[C@@H]1CC[C@]1(C)OC3=CC(=O)C(O)=CC3=C[C@H]21. The van der Waals surface area contributed by atoms with Crippen LogP contribution in [0.25, 0.3) is 0 Å². The Kier molecular flexibility index (Phi) is 3.18. The number of ketones is 1. The van der Waals surface area contributed by atoms with Crippen molar-refractivity contribution in [2.45, 2.75) is 65.4 Å². The zero-order chi connectivity index (χ0) is 17.3. The number of fused-ring (bicyclic) bond motifs is 4. The average molecular weight is 328 g/mol. The molecule has 0 aromatic rings. The lowest BCUT2D eigenvalue weighted by Gasteiger charge is -2.62. The van der Waals surface area contributed by atoms with Gasteiger partial charge in [-0.2, -0.15) is 0 Å². The maximum atomic E-state index is 11.8. The van der Waals surface area contributed by atoms with Crippen molar-refractivity contribution in [1.82, 2.24) is 0 Å². The Morgan fingerprint density at radius 3 is 2.62 bits per heavy atom. The molecule has 0 amide bonds. The standard InChI is InChI=1S/C21H28O3/c1-19(2)7-5-8-20(3)17(19)6-9-21(4)18(20)11-13-10-14(22)15(23)12-16(13)24-21/h10-12,17-18,22H,5-9H2,1-4H3/t17-,18-,20+,21+/m1/s1. The molecular formula is C21H28O3. The van der Waals surface area contributed by atoms with Gasteiger partial charge in [0.2, 0.25) is 5.78 Å². The van der Waals surface area contributed by atoms with E-state index in [-0.39, 0.29) is 22.6 Å². The van der Waals surface area contributed by atoms with Crippen molar-refractivity contribution < 1.29 is 14.6 Å². The predicted octanol–water partition coefficient (Wildman–Crippen LogP) is 4.85. The van der Waals surface area contributed by atoms with E-state index >= 15 is 0 Å². The van der Waals surface area contributed by atoms with E-state index in [0.717, 1.165) is 12.0 Å². The van der Waals surface area contributed by atoms with Crippen LogP contribution >= 0.6 is 0 Å². The number of rotatable bonds is 0. The molecule has 3 nitrogen and oxygen atoms in total. The van der Waals surface area contributed by atoms with E-state index in [1.165, 1.54) is 31.8 Å². The van der Waals surface area contributed by atoms with Crippen molar-refractivity contribution in [2.75, 3.05) is 0 Å². The number of aliphatic hydroxyl groups is 1. The van der Waals surface area contributed by atoms with Gasteiger partial charge in [0.1, 0.15) is 11.4 Å². The Balaban J connectivity index is 1.82. The molecule has 2 saturated carbocycles. The fourth-order valence-corrected chi connectivity index (χ4v) is 6.24. The van der Waals surface area contributed by atoms with Crippen molar-refractivity contribution in [3.05, 3.63) is 35.3 Å². The zero-order valence-electron chi connectivity index (χ0n) is 15.2. The largest absolute Gasteiger partial charge is 0.504 e. The van der Waals surface area contributed by atoms with Gasteiger partial charge < -0.3 is 9.84 Å². The number of carbonyl (C=O) groups excluding carboxylic acids is 1. The fraction of sp³-hybridized carbons (Fsp3) is 0.667. The lowest BCUT2D eigenvalue weighted by molar-refractivity contribution is -0.162. The van der Waals surface area contributed by atoms with E-state index < -0.39 is 0 Å². The van der Waals surface area contributed by atoms with Gasteiger partial charge in [0.15, 0.2) is 5.76 Å². The minimum absolute atomic E-state index is 0.182. The molecule has 0 saturated heterocycles. The van der Waals surface area contributed by atoms with Crippen LogP contribution in [-0.4, -0.2) is 16.5 Å². The molecule has 0 unspecified atom stereocenters. The third-order valence-electron chi connectivity index (χ3n) is 7.35. The Morgan fingerprint density at radius 2 is 1.88 bits per heavy atom. The summed E-state index contributed by atoms with van der Waals surface area (Å²) in [6.45, 7) is 9.49. The van der Waals surface area contributed by atoms with Crippen molar-refractivity contribution in [3.8, 4) is 0 Å². The van der Waals surface area contributed by atoms with Crippen LogP contribution in [0.4, 0.5) is 0 Å². The highest BCUT2D eigenvalue weighted by atomic mass is 16.5. The maximum Gasteiger partial charge on any atom is 0.223 e. The number of allylic oxidation sites excluding steroid dienone is 2. The first-order valence-electron chi connectivity index (χ1n) is 9.24. The van der Waals surface area contributed by atoms with Crippen LogP contribution in [-0.2, 0) is 9.53 Å². The van der Waals surface area contributed by atoms with Crippen molar-refractivity contribution in [3.63, 3.8) is 0 Å². The highest BCUT2D eigenvalue weighted by Gasteiger charge is 2.60. The van der Waals surface area contributed by atoms with E-state index in [4.69, 9.17) is 4.74 Å². The molecule has 2 fully saturated rings. The fourth-order valence-electron chi connectivity index (χ4n) is 6.24. The molecule has 0 bridgehead atoms. The number of aliphatic hydroxyl groups excluding tert-OH is 1. The maximum absolute atomic E-state index is 11.8. The Labute approximate surface area is 144 Å². The summed E-state index contributed by atoms with van der Waals surface area (Å²) in [5.74, 6) is 1.09. The van der Waals surface area contributed by atoms with Crippen LogP contribution in [0.1, 0.15) is 59.8 Å². The van der Waals surface area contributed by atoms with Gasteiger partial charge >= 0.3 is 0 Å². The van der Waals surface area contributed by atoms with Gasteiger partial charge in [0, 0.05) is 17.6 Å². The number of carbonyl (C=O) groups is 1. The summed E-state index contributed by atoms with van der Waals surface area (Å²) in [5.41, 5.74) is 1.19. The quantitative estimate of drug-likeness (QED) is 0.691. The molecular weight excluding hydrogens is 300 g/mol. The second-order valence-electron chi connectivity index (χ2n) is 9.36. The smallest absolute Gasteiger partial charge is 0.223 e. The van der Waals surface area contributed by atoms with E-state index in [9.17, 15) is 9.90 Å². The van der Waals surface area contributed by atoms with Gasteiger partial charge in [-0.3, -0.25) is 4.79 Å². The van der Waals surface area contributed by atoms with Crippen molar-refractivity contribution in [1.29, 1.82) is 0 Å². The number of hydrogen-bond acceptors (Lipinski definition) is 3. The van der Waals surface area contributed by atoms with Gasteiger partial charge in [-0.1, -0.05) is 33.3 Å². The summed E-state index contributed by atoms with van der Waals surface area (Å²) >= 11 is 0. The number of ether oxygens (including phenoxy) is 1. The lowest BCUT2D eigenvalue weighted by atomic mass is 9.45. The van der Waals surface area contributed by atoms with E-state index in [1.54, 1.807) is 6.08 Å². The molecule has 0 radical (unpaired) electrons. The second-order valence-corrected chi connectivity index (χ2v) is 9.36. The molecule has 4 aliphatic rings. The molecule has 1 N–H and O–H groups in total. The average Bonchev–Trinajstić information content (AvgIpc) is 2.46. The van der Waals surface area contributed by atoms with Crippen molar-refractivity contribution >= 4 is 5.78 Å². The minimum atomic E-state index is -0.358. The molecule has 3 heteroatoms. The highest BCUT2D eigenvalue weighted by Crippen LogP contribution is 2.64. The first-order chi connectivity index (χ1) is 11.2. The van der Waals surface area contributed by atoms with Crippen LogP contribution in [0.15, 0.2) is 35.3 Å². The molecule has 130 valence electrons. The molecule has 4 atom stereocenters. The minimum Gasteiger partial charge on any atom is -0.504 e. The van der Waals surface area contributed by atoms with Crippen LogP contribution < -0.4 is 0 Å². The van der Waals surface area contributed by atoms with E-state index in [0.29, 0.717) is 23.0 Å².